The van der Waals surface area contributed by atoms with E-state index in [-0.39, 0.29) is 0 Å². The Morgan fingerprint density at radius 3 is 2.73 bits per heavy atom. The molecule has 0 bridgehead atoms. The van der Waals surface area contributed by atoms with E-state index in [1.807, 2.05) is 0 Å². The second-order valence-electron chi connectivity index (χ2n) is 4.17. The highest BCUT2D eigenvalue weighted by atomic mass is 15.3. The van der Waals surface area contributed by atoms with Crippen LogP contribution in [0.25, 0.3) is 0 Å². The van der Waals surface area contributed by atoms with Crippen LogP contribution in [0.3, 0.4) is 0 Å². The van der Waals surface area contributed by atoms with E-state index in [4.69, 9.17) is 5.73 Å². The summed E-state index contributed by atoms with van der Waals surface area (Å²) in [5.41, 5.74) is 8.29. The van der Waals surface area contributed by atoms with Gasteiger partial charge in [0.2, 0.25) is 0 Å². The van der Waals surface area contributed by atoms with Crippen molar-refractivity contribution in [1.29, 1.82) is 0 Å². The number of rotatable bonds is 6. The summed E-state index contributed by atoms with van der Waals surface area (Å²) in [6, 6.07) is 2.54. The molecule has 86 valence electrons. The minimum atomic E-state index is 0.314. The normalized spacial score (nSPS) is 13.1. The molecule has 1 heterocycles. The average Bonchev–Trinajstić information content (AvgIpc) is 2.60. The molecule has 0 fully saturated rings. The van der Waals surface area contributed by atoms with Crippen molar-refractivity contribution in [2.75, 3.05) is 0 Å². The van der Waals surface area contributed by atoms with E-state index in [1.165, 1.54) is 11.4 Å². The zero-order valence-corrected chi connectivity index (χ0v) is 10.2. The molecule has 1 aromatic heterocycles. The third kappa shape index (κ3) is 3.67. The van der Waals surface area contributed by atoms with Crippen molar-refractivity contribution in [3.8, 4) is 0 Å². The van der Waals surface area contributed by atoms with Crippen LogP contribution in [0.15, 0.2) is 6.07 Å². The number of nitrogens with two attached hydrogens (primary N) is 1. The molecule has 0 saturated carbocycles. The van der Waals surface area contributed by atoms with E-state index < -0.39 is 0 Å². The highest BCUT2D eigenvalue weighted by Gasteiger charge is 2.05. The lowest BCUT2D eigenvalue weighted by Crippen LogP contribution is -2.14. The monoisotopic (exact) mass is 209 g/mol. The first-order valence-corrected chi connectivity index (χ1v) is 5.98. The van der Waals surface area contributed by atoms with E-state index in [2.05, 4.69) is 36.6 Å². The number of nitrogens with zero attached hydrogens (tertiary/aromatic N) is 2. The second-order valence-corrected chi connectivity index (χ2v) is 4.17. The summed E-state index contributed by atoms with van der Waals surface area (Å²) in [4.78, 5) is 0. The Kier molecular flexibility index (Phi) is 4.82. The third-order valence-corrected chi connectivity index (χ3v) is 2.67. The molecule has 0 amide bonds. The second kappa shape index (κ2) is 5.91. The third-order valence-electron chi connectivity index (χ3n) is 2.67. The van der Waals surface area contributed by atoms with Gasteiger partial charge in [-0.05, 0) is 45.6 Å². The lowest BCUT2D eigenvalue weighted by Gasteiger charge is -2.06. The van der Waals surface area contributed by atoms with Gasteiger partial charge < -0.3 is 5.73 Å². The van der Waals surface area contributed by atoms with Crippen molar-refractivity contribution in [1.82, 2.24) is 9.78 Å². The Hall–Kier alpha value is -0.830. The van der Waals surface area contributed by atoms with Crippen LogP contribution in [0.1, 0.15) is 45.0 Å². The van der Waals surface area contributed by atoms with Crippen LogP contribution >= 0.6 is 0 Å². The number of aromatic nitrogens is 2. The molecule has 0 spiro atoms. The van der Waals surface area contributed by atoms with Crippen LogP contribution < -0.4 is 5.73 Å². The maximum absolute atomic E-state index is 5.74. The number of hydrogen-bond acceptors (Lipinski definition) is 2. The first kappa shape index (κ1) is 12.2. The zero-order valence-electron chi connectivity index (χ0n) is 10.2. The summed E-state index contributed by atoms with van der Waals surface area (Å²) in [6.45, 7) is 7.32. The van der Waals surface area contributed by atoms with Crippen LogP contribution in [0, 0.1) is 0 Å². The van der Waals surface area contributed by atoms with Gasteiger partial charge in [-0.1, -0.05) is 6.92 Å². The predicted molar refractivity (Wildman–Crippen MR) is 63.9 cm³/mol. The molecule has 0 saturated heterocycles. The summed E-state index contributed by atoms with van der Waals surface area (Å²) in [7, 11) is 0. The van der Waals surface area contributed by atoms with Crippen molar-refractivity contribution in [3.63, 3.8) is 0 Å². The molecule has 1 unspecified atom stereocenters. The largest absolute Gasteiger partial charge is 0.328 e. The predicted octanol–water partition coefficient (Wildman–Crippen LogP) is 2.14. The van der Waals surface area contributed by atoms with Gasteiger partial charge in [0, 0.05) is 18.3 Å². The van der Waals surface area contributed by atoms with Gasteiger partial charge in [0.25, 0.3) is 0 Å². The quantitative estimate of drug-likeness (QED) is 0.780. The van der Waals surface area contributed by atoms with E-state index in [0.717, 1.165) is 32.2 Å². The van der Waals surface area contributed by atoms with Crippen LogP contribution in [0.2, 0.25) is 0 Å². The molecule has 0 aliphatic heterocycles. The summed E-state index contributed by atoms with van der Waals surface area (Å²) in [5.74, 6) is 0. The van der Waals surface area contributed by atoms with Crippen molar-refractivity contribution < 1.29 is 0 Å². The minimum Gasteiger partial charge on any atom is -0.328 e. The van der Waals surface area contributed by atoms with Crippen LogP contribution in [-0.4, -0.2) is 15.8 Å². The van der Waals surface area contributed by atoms with E-state index in [0.29, 0.717) is 6.04 Å². The topological polar surface area (TPSA) is 43.8 Å². The molecule has 1 rings (SSSR count). The van der Waals surface area contributed by atoms with Gasteiger partial charge >= 0.3 is 0 Å². The molecular formula is C12H23N3. The Morgan fingerprint density at radius 1 is 1.47 bits per heavy atom. The van der Waals surface area contributed by atoms with Crippen molar-refractivity contribution in [2.45, 2.75) is 59.0 Å². The van der Waals surface area contributed by atoms with Gasteiger partial charge in [-0.2, -0.15) is 5.10 Å². The number of hydrogen-bond donors (Lipinski definition) is 1. The van der Waals surface area contributed by atoms with Gasteiger partial charge in [-0.25, -0.2) is 0 Å². The maximum Gasteiger partial charge on any atom is 0.0624 e. The maximum atomic E-state index is 5.74. The van der Waals surface area contributed by atoms with Gasteiger partial charge in [-0.15, -0.1) is 0 Å². The Morgan fingerprint density at radius 2 is 2.20 bits per heavy atom. The standard InChI is InChI=1S/C12H23N3/c1-4-11-9-12(15(5-2)14-11)8-6-7-10(3)13/h9-10H,4-8,13H2,1-3H3. The zero-order chi connectivity index (χ0) is 11.3. The molecule has 15 heavy (non-hydrogen) atoms. The first-order valence-electron chi connectivity index (χ1n) is 5.98. The molecule has 0 aromatic carbocycles. The Balaban J connectivity index is 2.54. The van der Waals surface area contributed by atoms with Crippen molar-refractivity contribution in [2.24, 2.45) is 5.73 Å². The van der Waals surface area contributed by atoms with Crippen molar-refractivity contribution >= 4 is 0 Å². The van der Waals surface area contributed by atoms with Crippen LogP contribution in [0.4, 0.5) is 0 Å². The van der Waals surface area contributed by atoms with Gasteiger partial charge in [0.15, 0.2) is 0 Å². The molecule has 3 heteroatoms. The molecule has 3 nitrogen and oxygen atoms in total. The summed E-state index contributed by atoms with van der Waals surface area (Å²) in [5, 5.41) is 4.53. The smallest absolute Gasteiger partial charge is 0.0624 e. The molecule has 0 aliphatic rings. The van der Waals surface area contributed by atoms with Gasteiger partial charge in [0.1, 0.15) is 0 Å². The number of aryl methyl sites for hydroxylation is 3. The van der Waals surface area contributed by atoms with Gasteiger partial charge in [0.05, 0.1) is 5.69 Å². The van der Waals surface area contributed by atoms with Gasteiger partial charge in [-0.3, -0.25) is 4.68 Å². The fourth-order valence-electron chi connectivity index (χ4n) is 1.77. The molecule has 1 aromatic rings. The summed E-state index contributed by atoms with van der Waals surface area (Å²) >= 11 is 0. The van der Waals surface area contributed by atoms with E-state index in [9.17, 15) is 0 Å². The fourth-order valence-corrected chi connectivity index (χ4v) is 1.77. The van der Waals surface area contributed by atoms with Crippen LogP contribution in [-0.2, 0) is 19.4 Å². The van der Waals surface area contributed by atoms with E-state index in [1.54, 1.807) is 0 Å². The minimum absolute atomic E-state index is 0.314. The Labute approximate surface area is 92.7 Å². The van der Waals surface area contributed by atoms with Crippen molar-refractivity contribution in [3.05, 3.63) is 17.5 Å². The highest BCUT2D eigenvalue weighted by molar-refractivity contribution is 5.10. The first-order chi connectivity index (χ1) is 7.17. The summed E-state index contributed by atoms with van der Waals surface area (Å²) < 4.78 is 2.11. The molecule has 2 N–H and O–H groups in total. The molecule has 0 aliphatic carbocycles. The SMILES string of the molecule is CCc1cc(CCCC(C)N)n(CC)n1. The van der Waals surface area contributed by atoms with E-state index >= 15 is 0 Å². The summed E-state index contributed by atoms with van der Waals surface area (Å²) in [6.07, 6.45) is 4.37. The molecule has 0 radical (unpaired) electrons. The highest BCUT2D eigenvalue weighted by Crippen LogP contribution is 2.09. The lowest BCUT2D eigenvalue weighted by atomic mass is 10.1. The lowest BCUT2D eigenvalue weighted by molar-refractivity contribution is 0.574. The Bertz CT molecular complexity index is 289. The van der Waals surface area contributed by atoms with Crippen LogP contribution in [0.5, 0.6) is 0 Å². The molecule has 1 atom stereocenters. The fraction of sp³-hybridized carbons (Fsp3) is 0.750. The average molecular weight is 209 g/mol. The molecular weight excluding hydrogens is 186 g/mol.